The molecule has 0 spiro atoms. The number of benzene rings is 1. The van der Waals surface area contributed by atoms with Crippen LogP contribution in [0.15, 0.2) is 23.2 Å². The molecule has 0 radical (unpaired) electrons. The van der Waals surface area contributed by atoms with Crippen molar-refractivity contribution in [1.82, 2.24) is 4.98 Å². The van der Waals surface area contributed by atoms with Crippen molar-refractivity contribution in [3.05, 3.63) is 34.3 Å². The molecule has 1 heterocycles. The van der Waals surface area contributed by atoms with Gasteiger partial charge >= 0.3 is 0 Å². The Hall–Kier alpha value is -1.45. The lowest BCUT2D eigenvalue weighted by atomic mass is 9.95. The molecule has 0 bridgehead atoms. The van der Waals surface area contributed by atoms with Crippen molar-refractivity contribution in [3.63, 3.8) is 0 Å². The minimum Gasteiger partial charge on any atom is -0.383 e. The number of rotatable bonds is 9. The maximum Gasteiger partial charge on any atom is 0.266 e. The average molecular weight is 464 g/mol. The molecule has 0 aliphatic heterocycles. The van der Waals surface area contributed by atoms with Crippen LogP contribution >= 0.6 is 22.9 Å². The summed E-state index contributed by atoms with van der Waals surface area (Å²) in [6.45, 7) is 7.27. The fraction of sp³-hybridized carbons (Fsp3) is 0.526. The van der Waals surface area contributed by atoms with Crippen molar-refractivity contribution in [2.45, 2.75) is 44.9 Å². The summed E-state index contributed by atoms with van der Waals surface area (Å²) in [5.74, 6) is 0.180. The summed E-state index contributed by atoms with van der Waals surface area (Å²) in [6, 6.07) is 2.13. The van der Waals surface area contributed by atoms with E-state index >= 15 is 0 Å². The zero-order chi connectivity index (χ0) is 21.4. The largest absolute Gasteiger partial charge is 0.383 e. The van der Waals surface area contributed by atoms with Gasteiger partial charge in [-0.1, -0.05) is 50.1 Å². The molecule has 160 valence electrons. The van der Waals surface area contributed by atoms with Crippen molar-refractivity contribution >= 4 is 43.8 Å². The van der Waals surface area contributed by atoms with E-state index in [-0.39, 0.29) is 10.2 Å². The van der Waals surface area contributed by atoms with Gasteiger partial charge in [0.2, 0.25) is 0 Å². The lowest BCUT2D eigenvalue weighted by molar-refractivity contribution is 0.417. The van der Waals surface area contributed by atoms with E-state index in [9.17, 15) is 17.2 Å². The molecular formula is C19H24ClF2N3O2S2. The summed E-state index contributed by atoms with van der Waals surface area (Å²) in [5.41, 5.74) is 0.748. The lowest BCUT2D eigenvalue weighted by Gasteiger charge is -2.18. The molecule has 0 amide bonds. The average Bonchev–Trinajstić information content (AvgIpc) is 3.02. The Labute approximate surface area is 178 Å². The van der Waals surface area contributed by atoms with Gasteiger partial charge in [0, 0.05) is 6.54 Å². The normalized spacial score (nSPS) is 19.0. The van der Waals surface area contributed by atoms with E-state index in [4.69, 9.17) is 11.6 Å². The predicted octanol–water partition coefficient (Wildman–Crippen LogP) is 5.75. The van der Waals surface area contributed by atoms with Crippen molar-refractivity contribution in [1.29, 1.82) is 0 Å². The van der Waals surface area contributed by atoms with E-state index in [1.807, 2.05) is 0 Å². The topological polar surface area (TPSA) is 71.1 Å². The van der Waals surface area contributed by atoms with Gasteiger partial charge in [-0.25, -0.2) is 17.8 Å². The van der Waals surface area contributed by atoms with Crippen LogP contribution in [0.2, 0.25) is 5.02 Å². The van der Waals surface area contributed by atoms with Gasteiger partial charge in [0.1, 0.15) is 10.7 Å². The van der Waals surface area contributed by atoms with Gasteiger partial charge in [0.25, 0.3) is 10.0 Å². The Morgan fingerprint density at radius 3 is 2.62 bits per heavy atom. The molecule has 1 aromatic carbocycles. The summed E-state index contributed by atoms with van der Waals surface area (Å²) in [5, 5.41) is 2.41. The minimum absolute atomic E-state index is 0.0960. The number of hydrogen-bond donors (Lipinski definition) is 2. The molecule has 10 heteroatoms. The van der Waals surface area contributed by atoms with E-state index < -0.39 is 25.9 Å². The van der Waals surface area contributed by atoms with Gasteiger partial charge in [-0.2, -0.15) is 4.39 Å². The first-order chi connectivity index (χ1) is 13.5. The van der Waals surface area contributed by atoms with Crippen LogP contribution in [0.1, 0.15) is 40.0 Å². The minimum atomic E-state index is -4.28. The zero-order valence-corrected chi connectivity index (χ0v) is 18.8. The fourth-order valence-electron chi connectivity index (χ4n) is 3.37. The molecule has 0 saturated heterocycles. The summed E-state index contributed by atoms with van der Waals surface area (Å²) in [7, 11) is -4.28. The first-order valence-corrected chi connectivity index (χ1v) is 12.1. The van der Waals surface area contributed by atoms with Crippen molar-refractivity contribution in [2.75, 3.05) is 16.6 Å². The molecule has 2 atom stereocenters. The third-order valence-electron chi connectivity index (χ3n) is 5.50. The highest BCUT2D eigenvalue weighted by atomic mass is 35.5. The molecule has 1 aliphatic rings. The van der Waals surface area contributed by atoms with Gasteiger partial charge in [-0.15, -0.1) is 0 Å². The number of sulfonamides is 1. The number of halogens is 3. The number of nitrogens with zero attached hydrogens (tertiary/aromatic N) is 1. The van der Waals surface area contributed by atoms with E-state index in [1.54, 1.807) is 0 Å². The highest BCUT2D eigenvalue weighted by molar-refractivity contribution is 7.93. The van der Waals surface area contributed by atoms with Gasteiger partial charge in [0.05, 0.1) is 16.9 Å². The maximum absolute atomic E-state index is 14.6. The Kier molecular flexibility index (Phi) is 6.41. The Morgan fingerprint density at radius 2 is 2.07 bits per heavy atom. The van der Waals surface area contributed by atoms with Crippen LogP contribution in [-0.2, 0) is 10.0 Å². The van der Waals surface area contributed by atoms with Gasteiger partial charge in [0.15, 0.2) is 10.3 Å². The number of aromatic nitrogens is 1. The van der Waals surface area contributed by atoms with Crippen LogP contribution in [0.3, 0.4) is 0 Å². The van der Waals surface area contributed by atoms with Crippen LogP contribution in [-0.4, -0.2) is 19.9 Å². The van der Waals surface area contributed by atoms with E-state index in [0.29, 0.717) is 40.8 Å². The number of nitrogens with one attached hydrogen (secondary N) is 2. The molecule has 1 saturated carbocycles. The standard InChI is InChI=1S/C19H24ClF2N3O2S2/c1-4-11(5-12-8-19(12,2)3)9-23-15-7-14(21)16(6-13(15)20)29(26,27)25-18-24-10-17(22)28-18/h6-7,10-12,23H,4-5,8-9H2,1-3H3,(H,24,25)/t11-,12?/m0/s1. The monoisotopic (exact) mass is 463 g/mol. The van der Waals surface area contributed by atoms with Crippen molar-refractivity contribution in [2.24, 2.45) is 17.3 Å². The fourth-order valence-corrected chi connectivity index (χ4v) is 5.54. The molecule has 5 nitrogen and oxygen atoms in total. The zero-order valence-electron chi connectivity index (χ0n) is 16.4. The second-order valence-electron chi connectivity index (χ2n) is 8.12. The number of anilines is 2. The molecular weight excluding hydrogens is 440 g/mol. The summed E-state index contributed by atoms with van der Waals surface area (Å²) in [6.07, 6.45) is 4.19. The molecule has 29 heavy (non-hydrogen) atoms. The highest BCUT2D eigenvalue weighted by Crippen LogP contribution is 2.55. The van der Waals surface area contributed by atoms with Crippen LogP contribution < -0.4 is 10.0 Å². The van der Waals surface area contributed by atoms with Gasteiger partial charge < -0.3 is 5.32 Å². The maximum atomic E-state index is 14.6. The molecule has 3 rings (SSSR count). The van der Waals surface area contributed by atoms with Crippen molar-refractivity contribution in [3.8, 4) is 0 Å². The second-order valence-corrected chi connectivity index (χ2v) is 11.2. The summed E-state index contributed by atoms with van der Waals surface area (Å²) >= 11 is 6.72. The third-order valence-corrected chi connectivity index (χ3v) is 8.00. The first-order valence-electron chi connectivity index (χ1n) is 9.39. The Bertz CT molecular complexity index is 995. The summed E-state index contributed by atoms with van der Waals surface area (Å²) in [4.78, 5) is 2.96. The van der Waals surface area contributed by atoms with Crippen LogP contribution in [0.5, 0.6) is 0 Å². The number of thiazole rings is 1. The van der Waals surface area contributed by atoms with Crippen LogP contribution in [0, 0.1) is 28.2 Å². The molecule has 1 aliphatic carbocycles. The first kappa shape index (κ1) is 22.2. The van der Waals surface area contributed by atoms with Crippen LogP contribution in [0.4, 0.5) is 19.6 Å². The van der Waals surface area contributed by atoms with E-state index in [0.717, 1.165) is 31.2 Å². The molecule has 1 aromatic heterocycles. The quantitative estimate of drug-likeness (QED) is 0.496. The second kappa shape index (κ2) is 8.35. The third kappa shape index (κ3) is 5.38. The Morgan fingerprint density at radius 1 is 1.38 bits per heavy atom. The summed E-state index contributed by atoms with van der Waals surface area (Å²) < 4.78 is 54.5. The number of hydrogen-bond acceptors (Lipinski definition) is 5. The highest BCUT2D eigenvalue weighted by Gasteiger charge is 2.45. The SMILES string of the molecule is CC[C@H](CNc1cc(F)c(S(=O)(=O)Nc2ncc(F)s2)cc1Cl)CC1CC1(C)C. The lowest BCUT2D eigenvalue weighted by Crippen LogP contribution is -2.17. The van der Waals surface area contributed by atoms with E-state index in [1.165, 1.54) is 6.42 Å². The van der Waals surface area contributed by atoms with Gasteiger partial charge in [-0.05, 0) is 42.2 Å². The Balaban J connectivity index is 1.70. The van der Waals surface area contributed by atoms with Crippen LogP contribution in [0.25, 0.3) is 0 Å². The smallest absolute Gasteiger partial charge is 0.266 e. The van der Waals surface area contributed by atoms with Crippen molar-refractivity contribution < 1.29 is 17.2 Å². The molecule has 2 aromatic rings. The molecule has 1 unspecified atom stereocenters. The van der Waals surface area contributed by atoms with E-state index in [2.05, 4.69) is 35.8 Å². The predicted molar refractivity (Wildman–Crippen MR) is 113 cm³/mol. The molecule has 1 fully saturated rings. The molecule has 2 N–H and O–H groups in total. The van der Waals surface area contributed by atoms with Gasteiger partial charge in [-0.3, -0.25) is 4.72 Å².